The summed E-state index contributed by atoms with van der Waals surface area (Å²) >= 11 is 0. The molecule has 0 radical (unpaired) electrons. The van der Waals surface area contributed by atoms with Crippen LogP contribution in [0.5, 0.6) is 0 Å². The zero-order valence-electron chi connectivity index (χ0n) is 74.4. The molecule has 6 amide bonds. The second-order valence-corrected chi connectivity index (χ2v) is 35.5. The monoisotopic (exact) mass is 2050 g/mol. The predicted molar refractivity (Wildman–Crippen MR) is 427 cm³/mol. The lowest BCUT2D eigenvalue weighted by Gasteiger charge is -2.51. The van der Waals surface area contributed by atoms with Crippen LogP contribution < -0.4 is 31.9 Å². The third kappa shape index (κ3) is 26.7. The van der Waals surface area contributed by atoms with Crippen molar-refractivity contribution < 1.29 is 279 Å². The number of amides is 6. The fourth-order valence-electron chi connectivity index (χ4n) is 17.6. The third-order valence-corrected chi connectivity index (χ3v) is 24.9. The van der Waals surface area contributed by atoms with Gasteiger partial charge < -0.3 is 260 Å². The summed E-state index contributed by atoms with van der Waals surface area (Å²) < 4.78 is 151. The van der Waals surface area contributed by atoms with Gasteiger partial charge in [0.2, 0.25) is 35.4 Å². The molecule has 0 bridgehead atoms. The zero-order chi connectivity index (χ0) is 103. The van der Waals surface area contributed by atoms with Crippen molar-refractivity contribution in [2.45, 2.75) is 360 Å². The average molecular weight is 2050 g/mol. The minimum absolute atomic E-state index is 0.828. The van der Waals surface area contributed by atoms with Crippen LogP contribution in [0.1, 0.15) is 48.0 Å². The molecule has 0 unspecified atom stereocenters. The molecular formula is C75H124N6O57S. The Morgan fingerprint density at radius 1 is 0.331 bits per heavy atom. The number of hydrogen-bond donors (Lipinski definition) is 34. The van der Waals surface area contributed by atoms with E-state index in [2.05, 4.69) is 36.1 Å². The fraction of sp³-hybridized carbons (Fsp3) is 0.907. The summed E-state index contributed by atoms with van der Waals surface area (Å²) in [6.07, 6.45) is -99.6. The number of aliphatic carboxylic acids is 1. The third-order valence-electron chi connectivity index (χ3n) is 24.5. The molecular weight excluding hydrogens is 1930 g/mol. The van der Waals surface area contributed by atoms with Crippen molar-refractivity contribution in [2.24, 2.45) is 0 Å². The van der Waals surface area contributed by atoms with Gasteiger partial charge in [0, 0.05) is 48.0 Å². The maximum atomic E-state index is 13.2. The summed E-state index contributed by atoms with van der Waals surface area (Å²) in [4.78, 5) is 89.5. The van der Waals surface area contributed by atoms with Crippen LogP contribution in [0.3, 0.4) is 0 Å². The van der Waals surface area contributed by atoms with E-state index in [-0.39, 0.29) is 0 Å². The van der Waals surface area contributed by atoms with Crippen LogP contribution in [0.2, 0.25) is 0 Å². The van der Waals surface area contributed by atoms with Crippen molar-refractivity contribution >= 4 is 51.8 Å². The average Bonchev–Trinajstić information content (AvgIpc) is 0.761. The smallest absolute Gasteiger partial charge is 0.397 e. The number of aliphatic hydroxyl groups excluding tert-OH is 26. The Morgan fingerprint density at radius 3 is 1.03 bits per heavy atom. The topological polar surface area (TPSA) is 977 Å². The first-order chi connectivity index (χ1) is 65.3. The fourth-order valence-corrected chi connectivity index (χ4v) is 18.1. The summed E-state index contributed by atoms with van der Waals surface area (Å²) in [5.74, 6) is -11.0. The molecule has 0 aromatic heterocycles. The molecule has 10 heterocycles. The van der Waals surface area contributed by atoms with Gasteiger partial charge in [0.1, 0.15) is 238 Å². The number of carboxylic acid groups (broad SMARTS) is 1. The van der Waals surface area contributed by atoms with Crippen molar-refractivity contribution in [1.29, 1.82) is 0 Å². The highest BCUT2D eigenvalue weighted by molar-refractivity contribution is 7.80. The summed E-state index contributed by atoms with van der Waals surface area (Å²) in [6, 6.07) is -11.6. The van der Waals surface area contributed by atoms with Gasteiger partial charge in [-0.3, -0.25) is 33.3 Å². The summed E-state index contributed by atoms with van der Waals surface area (Å²) in [6.45, 7) is -6.87. The molecule has 10 saturated heterocycles. The normalized spacial score (nSPS) is 45.5. The lowest BCUT2D eigenvalue weighted by molar-refractivity contribution is -0.398. The molecule has 34 N–H and O–H groups in total. The van der Waals surface area contributed by atoms with E-state index < -0.39 is 437 Å². The summed E-state index contributed by atoms with van der Waals surface area (Å²) in [5, 5.41) is 319. The number of aliphatic hydroxyl groups is 26. The highest BCUT2D eigenvalue weighted by atomic mass is 32.3. The van der Waals surface area contributed by atoms with Gasteiger partial charge in [0.05, 0.1) is 78.2 Å². The van der Waals surface area contributed by atoms with Crippen LogP contribution in [-0.4, -0.2) is 571 Å². The number of ether oxygens (including phenoxy) is 19. The minimum atomic E-state index is -5.47. The van der Waals surface area contributed by atoms with E-state index in [4.69, 9.17) is 90.0 Å². The van der Waals surface area contributed by atoms with Crippen molar-refractivity contribution in [2.75, 3.05) is 66.1 Å². The standard InChI is InChI=1S/C75H124N6O57S/c1-18(90)76-35-24(96)7-75(74(114)115,137-61(35)41(98)25(97)8-82)120-17-34-44(101)51(108)54(111)70(129-34)132-58-30(13-87)126-68(39(49(58)106)80-22(5)94)135-63-52(109)42(99)26(9-83)122-72(63)119-16-33-45(102)62(55(112)71(128-33)133-59-31(14-88)124-66(37(48(59)105)78-20(3)92)130-56-28(11-85)121-65(113)36(46(56)103)77-19(2)91)134-73-64(53(110)43(100)27(10-84)123-73)136-69-38(79-21(4)93)47(104)57(29(12-86)125-69)131-67-40(81-23(6)95)50(107)60(32(15-89)127-67)138-139(116,117)118/h24-73,82-89,96-113H,7-17H2,1-6H3,(H,76,90)(H,77,91)(H,78,92)(H,79,93)(H,80,94)(H,81,95)(H,114,115)(H,116,117,118)/t24-,25+,26+,27+,28+,29+,30+,31+,32+,33+,34+,35+,36+,37+,38+,39+,40+,41+,42+,43+,44-,45+,46+,47+,48+,49+,50+,51-,52-,53-,54+,55-,56+,57+,58+,59+,60-,61+,62-,63-,64-,65+,66-,67-,68-,69-,70-,71-,72-,73+,75+/m0/s1. The number of carbonyl (C=O) groups excluding carboxylic acids is 6. The first-order valence-corrected chi connectivity index (χ1v) is 44.8. The molecule has 64 heteroatoms. The highest BCUT2D eigenvalue weighted by Crippen LogP contribution is 2.42. The van der Waals surface area contributed by atoms with Gasteiger partial charge in [-0.2, -0.15) is 8.42 Å². The summed E-state index contributed by atoms with van der Waals surface area (Å²) in [5.41, 5.74) is 0. The molecule has 10 fully saturated rings. The van der Waals surface area contributed by atoms with Crippen LogP contribution in [0.4, 0.5) is 0 Å². The van der Waals surface area contributed by atoms with Gasteiger partial charge in [-0.25, -0.2) is 8.98 Å². The SMILES string of the molecule is CC(=O)N[C@@H]1[C@@H](O)[C@H](O[C@@H]2O[C@H](CO)[C@@H](O[C@@H]3O[C@H](CO[C@H]4O[C@H](CO)[C@@H](O)[C@H](O)[C@@H]4O[C@@H]4O[C@H](CO)[C@@H](O[C@@H]5O[C@H](CO[C@]6(C(=O)O)C[C@H](O)[C@@H](NC(C)=O)[C@H]([C@H](O)[C@H](O)CO)O6)[C@H](O)[C@H](O)[C@H]5O)[C@H](O)[C@H]4NC(C)=O)[C@@H](O)[C@H](O[C@H]4O[C@H](CO)[C@@H](O)[C@H](O)[C@@H]4O[C@@H]4O[C@H](CO)[C@@H](O[C@@H]5O[C@H](CO)[C@H](OS(=O)(=O)O)[C@H](O)[C@H]5NC(C)=O)[C@H](O)[C@H]4NC(C)=O)[C@@H]3O)[C@H](O)[C@H]2NC(C)=O)[C@@H](CO)O[C@H]1O. The quantitative estimate of drug-likeness (QED) is 0.0254. The largest absolute Gasteiger partial charge is 0.477 e. The lowest BCUT2D eigenvalue weighted by Crippen LogP contribution is -2.71. The Balaban J connectivity index is 0.964. The second-order valence-electron chi connectivity index (χ2n) is 34.4. The van der Waals surface area contributed by atoms with E-state index in [0.29, 0.717) is 0 Å². The molecule has 0 aromatic carbocycles. The molecule has 0 aliphatic carbocycles. The first kappa shape index (κ1) is 115. The van der Waals surface area contributed by atoms with E-state index in [1.165, 1.54) is 0 Å². The molecule has 10 rings (SSSR count). The molecule has 51 atom stereocenters. The number of hydrogen-bond acceptors (Lipinski definition) is 55. The maximum absolute atomic E-state index is 13.2. The van der Waals surface area contributed by atoms with Crippen molar-refractivity contribution in [3.63, 3.8) is 0 Å². The van der Waals surface area contributed by atoms with E-state index >= 15 is 0 Å². The minimum Gasteiger partial charge on any atom is -0.477 e. The molecule has 0 spiro atoms. The molecule has 802 valence electrons. The Kier molecular flexibility index (Phi) is 41.2. The van der Waals surface area contributed by atoms with Gasteiger partial charge in [-0.05, 0) is 0 Å². The van der Waals surface area contributed by atoms with E-state index in [1.54, 1.807) is 0 Å². The predicted octanol–water partition coefficient (Wildman–Crippen LogP) is -22.9. The van der Waals surface area contributed by atoms with Crippen LogP contribution in [0, 0.1) is 0 Å². The van der Waals surface area contributed by atoms with E-state index in [1.807, 2.05) is 0 Å². The number of nitrogens with one attached hydrogen (secondary N) is 6. The molecule has 10 aliphatic heterocycles. The Morgan fingerprint density at radius 2 is 0.640 bits per heavy atom. The molecule has 0 saturated carbocycles. The molecule has 0 aromatic rings. The first-order valence-electron chi connectivity index (χ1n) is 43.4. The van der Waals surface area contributed by atoms with Gasteiger partial charge in [-0.15, -0.1) is 0 Å². The van der Waals surface area contributed by atoms with E-state index in [0.717, 1.165) is 41.5 Å². The van der Waals surface area contributed by atoms with Crippen molar-refractivity contribution in [3.05, 3.63) is 0 Å². The zero-order valence-corrected chi connectivity index (χ0v) is 75.2. The molecule has 10 aliphatic rings. The van der Waals surface area contributed by atoms with Crippen molar-refractivity contribution in [1.82, 2.24) is 31.9 Å². The van der Waals surface area contributed by atoms with E-state index in [9.17, 15) is 184 Å². The van der Waals surface area contributed by atoms with Gasteiger partial charge >= 0.3 is 16.4 Å². The summed E-state index contributed by atoms with van der Waals surface area (Å²) in [7, 11) is -5.47. The van der Waals surface area contributed by atoms with Crippen LogP contribution >= 0.6 is 0 Å². The van der Waals surface area contributed by atoms with Gasteiger partial charge in [-0.1, -0.05) is 0 Å². The second kappa shape index (κ2) is 49.7. The Hall–Kier alpha value is -5.64. The van der Waals surface area contributed by atoms with Gasteiger partial charge in [0.15, 0.2) is 56.6 Å². The van der Waals surface area contributed by atoms with Crippen LogP contribution in [0.25, 0.3) is 0 Å². The number of carbonyl (C=O) groups is 7. The lowest BCUT2D eigenvalue weighted by atomic mass is 9.88. The van der Waals surface area contributed by atoms with Crippen LogP contribution in [-0.2, 0) is 138 Å². The number of rotatable bonds is 39. The highest BCUT2D eigenvalue weighted by Gasteiger charge is 2.64. The molecule has 139 heavy (non-hydrogen) atoms. The molecule has 63 nitrogen and oxygen atoms in total. The van der Waals surface area contributed by atoms with Crippen LogP contribution in [0.15, 0.2) is 0 Å². The number of carboxylic acids is 1. The maximum Gasteiger partial charge on any atom is 0.397 e. The Bertz CT molecular complexity index is 4100. The van der Waals surface area contributed by atoms with Gasteiger partial charge in [0.25, 0.3) is 5.79 Å². The Labute approximate surface area is 786 Å². The van der Waals surface area contributed by atoms with Crippen molar-refractivity contribution in [3.8, 4) is 0 Å².